The lowest BCUT2D eigenvalue weighted by molar-refractivity contribution is -0.141. The number of carboxylic acids is 1. The largest absolute Gasteiger partial charge is 0.481 e. The Morgan fingerprint density at radius 1 is 1.67 bits per heavy atom. The summed E-state index contributed by atoms with van der Waals surface area (Å²) in [4.78, 5) is 10.4. The van der Waals surface area contributed by atoms with Gasteiger partial charge < -0.3 is 21.3 Å². The molecule has 72 valence electrons. The molecule has 0 spiro atoms. The molecular weight excluding hydrogens is 160 g/mol. The van der Waals surface area contributed by atoms with Gasteiger partial charge in [-0.15, -0.1) is 0 Å². The van der Waals surface area contributed by atoms with Crippen molar-refractivity contribution in [1.29, 1.82) is 0 Å². The van der Waals surface area contributed by atoms with Crippen molar-refractivity contribution in [2.45, 2.75) is 13.0 Å². The predicted molar refractivity (Wildman–Crippen MR) is 44.7 cm³/mol. The van der Waals surface area contributed by atoms with E-state index in [0.29, 0.717) is 13.1 Å². The normalized spacial score (nSPS) is 15.6. The van der Waals surface area contributed by atoms with Crippen molar-refractivity contribution in [3.05, 3.63) is 0 Å². The van der Waals surface area contributed by atoms with E-state index in [0.717, 1.165) is 0 Å². The summed E-state index contributed by atoms with van der Waals surface area (Å²) >= 11 is 0. The first-order chi connectivity index (χ1) is 5.59. The molecule has 5 heteroatoms. The Morgan fingerprint density at radius 3 is 2.67 bits per heavy atom. The van der Waals surface area contributed by atoms with Gasteiger partial charge in [-0.05, 0) is 0 Å². The maximum atomic E-state index is 10.4. The highest BCUT2D eigenvalue weighted by Crippen LogP contribution is 1.98. The summed E-state index contributed by atoms with van der Waals surface area (Å²) < 4.78 is 0. The number of carbonyl (C=O) groups is 1. The van der Waals surface area contributed by atoms with Crippen LogP contribution in [0.15, 0.2) is 0 Å². The minimum Gasteiger partial charge on any atom is -0.481 e. The van der Waals surface area contributed by atoms with E-state index in [9.17, 15) is 4.79 Å². The molecule has 2 atom stereocenters. The van der Waals surface area contributed by atoms with Crippen molar-refractivity contribution >= 4 is 5.97 Å². The van der Waals surface area contributed by atoms with Gasteiger partial charge in [0, 0.05) is 19.1 Å². The second kappa shape index (κ2) is 5.93. The SMILES string of the molecule is CC(C(=O)O)C(N)CNCCO. The summed E-state index contributed by atoms with van der Waals surface area (Å²) in [5, 5.41) is 19.8. The van der Waals surface area contributed by atoms with E-state index in [1.54, 1.807) is 6.92 Å². The van der Waals surface area contributed by atoms with E-state index in [1.165, 1.54) is 0 Å². The van der Waals surface area contributed by atoms with Crippen molar-refractivity contribution in [2.24, 2.45) is 11.7 Å². The molecule has 2 unspecified atom stereocenters. The molecule has 0 aliphatic rings. The average Bonchev–Trinajstić information content (AvgIpc) is 2.03. The number of rotatable bonds is 6. The van der Waals surface area contributed by atoms with Crippen LogP contribution in [0.4, 0.5) is 0 Å². The maximum absolute atomic E-state index is 10.4. The fourth-order valence-electron chi connectivity index (χ4n) is 0.708. The fourth-order valence-corrected chi connectivity index (χ4v) is 0.708. The molecule has 0 aliphatic heterocycles. The molecule has 0 amide bonds. The van der Waals surface area contributed by atoms with Gasteiger partial charge in [-0.1, -0.05) is 6.92 Å². The molecule has 5 nitrogen and oxygen atoms in total. The first-order valence-electron chi connectivity index (χ1n) is 3.89. The molecule has 0 rings (SSSR count). The molecular formula is C7H16N2O3. The predicted octanol–water partition coefficient (Wildman–Crippen LogP) is -1.38. The number of aliphatic hydroxyl groups is 1. The summed E-state index contributed by atoms with van der Waals surface area (Å²) in [6.45, 7) is 2.45. The van der Waals surface area contributed by atoms with Crippen molar-refractivity contribution in [3.63, 3.8) is 0 Å². The minimum atomic E-state index is -0.895. The number of aliphatic carboxylic acids is 1. The van der Waals surface area contributed by atoms with Gasteiger partial charge in [0.15, 0.2) is 0 Å². The Balaban J connectivity index is 3.56. The smallest absolute Gasteiger partial charge is 0.307 e. The summed E-state index contributed by atoms with van der Waals surface area (Å²) in [6, 6.07) is -0.408. The molecule has 0 aliphatic carbocycles. The number of carboxylic acid groups (broad SMARTS) is 1. The molecule has 0 aromatic heterocycles. The zero-order valence-electron chi connectivity index (χ0n) is 7.16. The standard InChI is InChI=1S/C7H16N2O3/c1-5(7(11)12)6(8)4-9-2-3-10/h5-6,9-10H,2-4,8H2,1H3,(H,11,12). The van der Waals surface area contributed by atoms with Crippen LogP contribution in [0.5, 0.6) is 0 Å². The van der Waals surface area contributed by atoms with Crippen LogP contribution in [-0.2, 0) is 4.79 Å². The molecule has 0 fully saturated rings. The third-order valence-corrected chi connectivity index (χ3v) is 1.70. The Kier molecular flexibility index (Phi) is 5.61. The lowest BCUT2D eigenvalue weighted by Gasteiger charge is -2.15. The Labute approximate surface area is 71.6 Å². The van der Waals surface area contributed by atoms with Crippen molar-refractivity contribution < 1.29 is 15.0 Å². The van der Waals surface area contributed by atoms with Gasteiger partial charge in [-0.2, -0.15) is 0 Å². The third-order valence-electron chi connectivity index (χ3n) is 1.70. The van der Waals surface area contributed by atoms with Crippen LogP contribution in [0.2, 0.25) is 0 Å². The summed E-state index contributed by atoms with van der Waals surface area (Å²) in [5.41, 5.74) is 5.53. The quantitative estimate of drug-likeness (QED) is 0.374. The first-order valence-corrected chi connectivity index (χ1v) is 3.89. The average molecular weight is 176 g/mol. The highest BCUT2D eigenvalue weighted by molar-refractivity contribution is 5.70. The molecule has 0 saturated heterocycles. The molecule has 12 heavy (non-hydrogen) atoms. The van der Waals surface area contributed by atoms with E-state index < -0.39 is 17.9 Å². The Bertz CT molecular complexity index is 141. The number of hydrogen-bond donors (Lipinski definition) is 4. The molecule has 0 radical (unpaired) electrons. The maximum Gasteiger partial charge on any atom is 0.307 e. The lowest BCUT2D eigenvalue weighted by atomic mass is 10.0. The van der Waals surface area contributed by atoms with Crippen LogP contribution in [0, 0.1) is 5.92 Å². The van der Waals surface area contributed by atoms with E-state index in [2.05, 4.69) is 5.32 Å². The summed E-state index contributed by atoms with van der Waals surface area (Å²) in [5.74, 6) is -1.45. The lowest BCUT2D eigenvalue weighted by Crippen LogP contribution is -2.42. The fraction of sp³-hybridized carbons (Fsp3) is 0.857. The minimum absolute atomic E-state index is 0.0359. The van der Waals surface area contributed by atoms with E-state index >= 15 is 0 Å². The monoisotopic (exact) mass is 176 g/mol. The van der Waals surface area contributed by atoms with Crippen LogP contribution in [-0.4, -0.2) is 41.9 Å². The van der Waals surface area contributed by atoms with Crippen molar-refractivity contribution in [3.8, 4) is 0 Å². The Hall–Kier alpha value is -0.650. The van der Waals surface area contributed by atoms with Gasteiger partial charge >= 0.3 is 5.97 Å². The molecule has 0 heterocycles. The van der Waals surface area contributed by atoms with Crippen molar-refractivity contribution in [1.82, 2.24) is 5.32 Å². The summed E-state index contributed by atoms with van der Waals surface area (Å²) in [7, 11) is 0. The molecule has 0 saturated carbocycles. The number of nitrogens with two attached hydrogens (primary N) is 1. The molecule has 0 aromatic rings. The van der Waals surface area contributed by atoms with E-state index in [-0.39, 0.29) is 6.61 Å². The number of aliphatic hydroxyl groups excluding tert-OH is 1. The van der Waals surface area contributed by atoms with Gasteiger partial charge in [0.25, 0.3) is 0 Å². The van der Waals surface area contributed by atoms with Gasteiger partial charge in [0.05, 0.1) is 12.5 Å². The van der Waals surface area contributed by atoms with Crippen LogP contribution in [0.25, 0.3) is 0 Å². The second-order valence-corrected chi connectivity index (χ2v) is 2.72. The zero-order chi connectivity index (χ0) is 9.56. The number of hydrogen-bond acceptors (Lipinski definition) is 4. The van der Waals surface area contributed by atoms with Crippen LogP contribution < -0.4 is 11.1 Å². The third kappa shape index (κ3) is 4.27. The Morgan fingerprint density at radius 2 is 2.25 bits per heavy atom. The molecule has 0 aromatic carbocycles. The highest BCUT2D eigenvalue weighted by Gasteiger charge is 2.18. The molecule has 0 bridgehead atoms. The zero-order valence-corrected chi connectivity index (χ0v) is 7.16. The highest BCUT2D eigenvalue weighted by atomic mass is 16.4. The van der Waals surface area contributed by atoms with Gasteiger partial charge in [0.2, 0.25) is 0 Å². The molecule has 5 N–H and O–H groups in total. The van der Waals surface area contributed by atoms with Gasteiger partial charge in [-0.3, -0.25) is 4.79 Å². The second-order valence-electron chi connectivity index (χ2n) is 2.72. The van der Waals surface area contributed by atoms with Gasteiger partial charge in [-0.25, -0.2) is 0 Å². The van der Waals surface area contributed by atoms with Crippen LogP contribution in [0.1, 0.15) is 6.92 Å². The summed E-state index contributed by atoms with van der Waals surface area (Å²) in [6.07, 6.45) is 0. The first kappa shape index (κ1) is 11.4. The topological polar surface area (TPSA) is 95.6 Å². The number of nitrogens with one attached hydrogen (secondary N) is 1. The van der Waals surface area contributed by atoms with Crippen molar-refractivity contribution in [2.75, 3.05) is 19.7 Å². The van der Waals surface area contributed by atoms with E-state index in [1.807, 2.05) is 0 Å². The van der Waals surface area contributed by atoms with Crippen LogP contribution >= 0.6 is 0 Å². The van der Waals surface area contributed by atoms with Crippen LogP contribution in [0.3, 0.4) is 0 Å². The van der Waals surface area contributed by atoms with E-state index in [4.69, 9.17) is 15.9 Å². The van der Waals surface area contributed by atoms with Gasteiger partial charge in [0.1, 0.15) is 0 Å².